The number of hydrogen-bond donors (Lipinski definition) is 2. The predicted molar refractivity (Wildman–Crippen MR) is 113 cm³/mol. The molecule has 3 atom stereocenters. The minimum absolute atomic E-state index is 0.230. The number of ether oxygens (including phenoxy) is 1. The van der Waals surface area contributed by atoms with Gasteiger partial charge in [0.15, 0.2) is 0 Å². The second-order valence-electron chi connectivity index (χ2n) is 8.00. The summed E-state index contributed by atoms with van der Waals surface area (Å²) < 4.78 is 20.0. The monoisotopic (exact) mass is 401 g/mol. The van der Waals surface area contributed by atoms with Gasteiger partial charge in [-0.25, -0.2) is 4.39 Å². The van der Waals surface area contributed by atoms with Crippen molar-refractivity contribution in [3.63, 3.8) is 0 Å². The second-order valence-corrected chi connectivity index (χ2v) is 8.00. The summed E-state index contributed by atoms with van der Waals surface area (Å²) in [6.07, 6.45) is 2.36. The molecule has 0 radical (unpaired) electrons. The van der Waals surface area contributed by atoms with Crippen LogP contribution in [0.1, 0.15) is 38.2 Å². The van der Waals surface area contributed by atoms with Crippen LogP contribution in [0.15, 0.2) is 48.5 Å². The van der Waals surface area contributed by atoms with Crippen molar-refractivity contribution in [2.45, 2.75) is 57.5 Å². The van der Waals surface area contributed by atoms with Gasteiger partial charge in [0.05, 0.1) is 18.8 Å². The molecule has 0 amide bonds. The minimum Gasteiger partial charge on any atom is -0.390 e. The number of unbranched alkanes of at least 4 members (excludes halogenated alkanes) is 2. The highest BCUT2D eigenvalue weighted by molar-refractivity contribution is 5.63. The third-order valence-corrected chi connectivity index (χ3v) is 5.72. The van der Waals surface area contributed by atoms with Crippen LogP contribution >= 0.6 is 0 Å². The molecule has 158 valence electrons. The maximum absolute atomic E-state index is 14.3. The van der Waals surface area contributed by atoms with Crippen molar-refractivity contribution in [1.29, 1.82) is 0 Å². The summed E-state index contributed by atoms with van der Waals surface area (Å²) in [5.74, 6) is -0.230. The van der Waals surface area contributed by atoms with E-state index in [1.54, 1.807) is 12.1 Å². The fraction of sp³-hybridized carbons (Fsp3) is 0.500. The Morgan fingerprint density at radius 1 is 1.00 bits per heavy atom. The molecule has 0 aromatic heterocycles. The lowest BCUT2D eigenvalue weighted by molar-refractivity contribution is -0.0579. The normalized spacial score (nSPS) is 22.7. The fourth-order valence-corrected chi connectivity index (χ4v) is 3.86. The Morgan fingerprint density at radius 3 is 2.55 bits per heavy atom. The Morgan fingerprint density at radius 2 is 1.79 bits per heavy atom. The van der Waals surface area contributed by atoms with Crippen molar-refractivity contribution < 1.29 is 19.3 Å². The SMILES string of the molecule is C[C@H]1CC(O)[C@@H](O)CN1CCCCCOCc1ccc(-c2ccccc2)cc1F. The van der Waals surface area contributed by atoms with Gasteiger partial charge < -0.3 is 14.9 Å². The number of piperidine rings is 1. The lowest BCUT2D eigenvalue weighted by Crippen LogP contribution is -2.51. The zero-order valence-corrected chi connectivity index (χ0v) is 17.1. The third kappa shape index (κ3) is 6.34. The molecule has 29 heavy (non-hydrogen) atoms. The van der Waals surface area contributed by atoms with Crippen LogP contribution < -0.4 is 0 Å². The van der Waals surface area contributed by atoms with Crippen LogP contribution in [-0.2, 0) is 11.3 Å². The molecule has 0 spiro atoms. The van der Waals surface area contributed by atoms with Crippen LogP contribution in [-0.4, -0.2) is 53.1 Å². The van der Waals surface area contributed by atoms with E-state index in [2.05, 4.69) is 11.8 Å². The van der Waals surface area contributed by atoms with Crippen LogP contribution in [0.4, 0.5) is 4.39 Å². The van der Waals surface area contributed by atoms with Gasteiger partial charge >= 0.3 is 0 Å². The summed E-state index contributed by atoms with van der Waals surface area (Å²) in [7, 11) is 0. The van der Waals surface area contributed by atoms with Gasteiger partial charge in [-0.15, -0.1) is 0 Å². The highest BCUT2D eigenvalue weighted by Gasteiger charge is 2.30. The van der Waals surface area contributed by atoms with E-state index >= 15 is 0 Å². The van der Waals surface area contributed by atoms with Gasteiger partial charge in [-0.1, -0.05) is 42.5 Å². The topological polar surface area (TPSA) is 52.9 Å². The van der Waals surface area contributed by atoms with E-state index < -0.39 is 12.2 Å². The molecule has 3 rings (SSSR count). The van der Waals surface area contributed by atoms with Crippen molar-refractivity contribution in [1.82, 2.24) is 4.90 Å². The van der Waals surface area contributed by atoms with Crippen LogP contribution in [0.5, 0.6) is 0 Å². The van der Waals surface area contributed by atoms with Gasteiger partial charge in [-0.2, -0.15) is 0 Å². The van der Waals surface area contributed by atoms with Crippen LogP contribution in [0.25, 0.3) is 11.1 Å². The van der Waals surface area contributed by atoms with Gasteiger partial charge in [0, 0.05) is 24.8 Å². The minimum atomic E-state index is -0.641. The van der Waals surface area contributed by atoms with Gasteiger partial charge in [0.1, 0.15) is 5.82 Å². The number of β-amino-alcohol motifs (C(OH)–C–C–N with tert-alkyl or cyclic N) is 1. The highest BCUT2D eigenvalue weighted by Crippen LogP contribution is 2.22. The Balaban J connectivity index is 1.33. The number of aliphatic hydroxyl groups is 2. The van der Waals surface area contributed by atoms with E-state index in [1.165, 1.54) is 0 Å². The molecular weight excluding hydrogens is 369 g/mol. The molecule has 0 saturated carbocycles. The van der Waals surface area contributed by atoms with Crippen molar-refractivity contribution in [3.8, 4) is 11.1 Å². The molecule has 5 heteroatoms. The van der Waals surface area contributed by atoms with E-state index in [0.717, 1.165) is 36.9 Å². The molecule has 0 aliphatic carbocycles. The molecule has 2 aromatic rings. The molecule has 2 aromatic carbocycles. The largest absolute Gasteiger partial charge is 0.390 e. The van der Waals surface area contributed by atoms with Crippen LogP contribution in [0, 0.1) is 5.82 Å². The standard InChI is InChI=1S/C24H32FNO3/c1-18-14-23(27)24(28)16-26(18)12-6-3-7-13-29-17-21-11-10-20(15-22(21)25)19-8-4-2-5-9-19/h2,4-5,8-11,15,18,23-24,27-28H,3,6-7,12-14,16-17H2,1H3/t18-,23?,24-/m0/s1. The molecule has 2 N–H and O–H groups in total. The maximum atomic E-state index is 14.3. The molecule has 1 unspecified atom stereocenters. The molecule has 1 aliphatic heterocycles. The van der Waals surface area contributed by atoms with Gasteiger partial charge in [-0.3, -0.25) is 4.90 Å². The number of likely N-dealkylation sites (tertiary alicyclic amines) is 1. The van der Waals surface area contributed by atoms with Gasteiger partial charge in [-0.05, 0) is 56.3 Å². The fourth-order valence-electron chi connectivity index (χ4n) is 3.86. The molecule has 1 saturated heterocycles. The zero-order valence-electron chi connectivity index (χ0n) is 17.1. The highest BCUT2D eigenvalue weighted by atomic mass is 19.1. The Labute approximate surface area is 172 Å². The number of halogens is 1. The third-order valence-electron chi connectivity index (χ3n) is 5.72. The first-order valence-corrected chi connectivity index (χ1v) is 10.6. The van der Waals surface area contributed by atoms with E-state index in [4.69, 9.17) is 4.74 Å². The van der Waals surface area contributed by atoms with E-state index in [9.17, 15) is 14.6 Å². The van der Waals surface area contributed by atoms with Crippen molar-refractivity contribution >= 4 is 0 Å². The van der Waals surface area contributed by atoms with E-state index in [-0.39, 0.29) is 12.4 Å². The number of nitrogens with zero attached hydrogens (tertiary/aromatic N) is 1. The number of rotatable bonds is 9. The second kappa shape index (κ2) is 10.8. The molecule has 1 fully saturated rings. The number of hydrogen-bond acceptors (Lipinski definition) is 4. The first-order valence-electron chi connectivity index (χ1n) is 10.6. The lowest BCUT2D eigenvalue weighted by Gasteiger charge is -2.38. The quantitative estimate of drug-likeness (QED) is 0.624. The Hall–Kier alpha value is -1.79. The summed E-state index contributed by atoms with van der Waals surface area (Å²) in [5.41, 5.74) is 2.46. The lowest BCUT2D eigenvalue weighted by atomic mass is 9.98. The average molecular weight is 402 g/mol. The Kier molecular flexibility index (Phi) is 8.19. The number of benzene rings is 2. The first kappa shape index (κ1) is 21.9. The maximum Gasteiger partial charge on any atom is 0.129 e. The first-order chi connectivity index (χ1) is 14.0. The van der Waals surface area contributed by atoms with E-state index in [0.29, 0.717) is 31.2 Å². The molecular formula is C24H32FNO3. The molecule has 1 heterocycles. The van der Waals surface area contributed by atoms with E-state index in [1.807, 2.05) is 36.4 Å². The molecule has 4 nitrogen and oxygen atoms in total. The number of aliphatic hydroxyl groups excluding tert-OH is 2. The predicted octanol–water partition coefficient (Wildman–Crippen LogP) is 4.00. The van der Waals surface area contributed by atoms with Crippen LogP contribution in [0.2, 0.25) is 0 Å². The van der Waals surface area contributed by atoms with Gasteiger partial charge in [0.2, 0.25) is 0 Å². The van der Waals surface area contributed by atoms with Crippen molar-refractivity contribution in [3.05, 3.63) is 59.9 Å². The van der Waals surface area contributed by atoms with Crippen molar-refractivity contribution in [2.24, 2.45) is 0 Å². The summed E-state index contributed by atoms with van der Waals surface area (Å²) in [4.78, 5) is 2.24. The summed E-state index contributed by atoms with van der Waals surface area (Å²) in [6.45, 7) is 4.44. The average Bonchev–Trinajstić information content (AvgIpc) is 2.72. The summed E-state index contributed by atoms with van der Waals surface area (Å²) >= 11 is 0. The summed E-state index contributed by atoms with van der Waals surface area (Å²) in [6, 6.07) is 15.4. The smallest absolute Gasteiger partial charge is 0.129 e. The molecule has 0 bridgehead atoms. The molecule has 1 aliphatic rings. The zero-order chi connectivity index (χ0) is 20.6. The Bertz CT molecular complexity index is 755. The van der Waals surface area contributed by atoms with Crippen molar-refractivity contribution in [2.75, 3.05) is 19.7 Å². The van der Waals surface area contributed by atoms with Crippen LogP contribution in [0.3, 0.4) is 0 Å². The van der Waals surface area contributed by atoms with Gasteiger partial charge in [0.25, 0.3) is 0 Å². The summed E-state index contributed by atoms with van der Waals surface area (Å²) in [5, 5.41) is 19.5.